The minimum Gasteiger partial charge on any atom is -0.510 e. The van der Waals surface area contributed by atoms with E-state index in [0.717, 1.165) is 16.8 Å². The van der Waals surface area contributed by atoms with Gasteiger partial charge in [0, 0.05) is 23.4 Å². The number of ketones is 1. The molecule has 6 rings (SSSR count). The average molecular weight is 508 g/mol. The smallest absolute Gasteiger partial charge is 0.252 e. The molecule has 1 spiro atoms. The molecule has 10 heteroatoms. The Morgan fingerprint density at radius 1 is 1.32 bits per heavy atom. The number of carbonyl (C=O) groups excluding carboxylic acids is 2. The molecular weight excluding hydrogens is 478 g/mol. The molecule has 1 amide bonds. The molecule has 194 valence electrons. The molecule has 1 aliphatic heterocycles. The number of hydrogen-bond acceptors (Lipinski definition) is 8. The fourth-order valence-corrected chi connectivity index (χ4v) is 7.24. The summed E-state index contributed by atoms with van der Waals surface area (Å²) < 4.78 is 5.61. The van der Waals surface area contributed by atoms with Crippen molar-refractivity contribution in [3.63, 3.8) is 0 Å². The first-order chi connectivity index (χ1) is 17.5. The van der Waals surface area contributed by atoms with Crippen LogP contribution in [0, 0.1) is 17.8 Å². The molecule has 2 fully saturated rings. The van der Waals surface area contributed by atoms with Crippen LogP contribution in [0.2, 0.25) is 0 Å². The maximum Gasteiger partial charge on any atom is 0.252 e. The summed E-state index contributed by atoms with van der Waals surface area (Å²) in [4.78, 5) is 31.3. The molecule has 4 aliphatic carbocycles. The van der Waals surface area contributed by atoms with Gasteiger partial charge >= 0.3 is 0 Å². The van der Waals surface area contributed by atoms with Crippen molar-refractivity contribution in [2.75, 3.05) is 14.1 Å². The van der Waals surface area contributed by atoms with Crippen molar-refractivity contribution in [3.8, 4) is 0 Å². The number of nitrogens with two attached hydrogens (primary N) is 1. The lowest BCUT2D eigenvalue weighted by Crippen LogP contribution is -2.67. The van der Waals surface area contributed by atoms with Crippen LogP contribution in [0.5, 0.6) is 0 Å². The van der Waals surface area contributed by atoms with E-state index < -0.39 is 58.6 Å². The van der Waals surface area contributed by atoms with E-state index in [1.54, 1.807) is 37.3 Å². The number of fused-ring (bicyclic) bond motifs is 4. The second-order valence-corrected chi connectivity index (χ2v) is 10.7. The molecule has 1 saturated carbocycles. The van der Waals surface area contributed by atoms with Crippen LogP contribution in [-0.2, 0) is 14.3 Å². The van der Waals surface area contributed by atoms with Crippen molar-refractivity contribution < 1.29 is 34.8 Å². The normalized spacial score (nSPS) is 38.6. The highest BCUT2D eigenvalue weighted by Gasteiger charge is 2.80. The summed E-state index contributed by atoms with van der Waals surface area (Å²) >= 11 is 0. The topological polar surface area (TPSA) is 173 Å². The van der Waals surface area contributed by atoms with Crippen LogP contribution in [0.25, 0.3) is 5.57 Å². The summed E-state index contributed by atoms with van der Waals surface area (Å²) in [7, 11) is 3.35. The van der Waals surface area contributed by atoms with Gasteiger partial charge in [-0.05, 0) is 56.1 Å². The number of rotatable bonds is 3. The predicted molar refractivity (Wildman–Crippen MR) is 131 cm³/mol. The molecule has 2 heterocycles. The summed E-state index contributed by atoms with van der Waals surface area (Å²) in [6, 6.07) is 2.82. The number of nitrogens with one attached hydrogen (secondary N) is 1. The molecule has 1 aromatic rings. The third kappa shape index (κ3) is 2.75. The molecule has 1 aromatic heterocycles. The summed E-state index contributed by atoms with van der Waals surface area (Å²) in [5.74, 6) is -4.88. The van der Waals surface area contributed by atoms with Gasteiger partial charge in [0.2, 0.25) is 5.60 Å². The highest BCUT2D eigenvalue weighted by Crippen LogP contribution is 2.66. The van der Waals surface area contributed by atoms with Crippen LogP contribution in [0.3, 0.4) is 0 Å². The number of aromatic nitrogens is 1. The van der Waals surface area contributed by atoms with Gasteiger partial charge in [0.1, 0.15) is 22.9 Å². The Balaban J connectivity index is 1.57. The van der Waals surface area contributed by atoms with E-state index in [2.05, 4.69) is 11.6 Å². The van der Waals surface area contributed by atoms with E-state index in [4.69, 9.17) is 10.5 Å². The van der Waals surface area contributed by atoms with Crippen molar-refractivity contribution >= 4 is 17.3 Å². The lowest BCUT2D eigenvalue weighted by atomic mass is 9.53. The number of nitrogens with zero attached hydrogens (tertiary/aromatic N) is 1. The van der Waals surface area contributed by atoms with Gasteiger partial charge in [-0.2, -0.15) is 0 Å². The van der Waals surface area contributed by atoms with E-state index in [1.807, 2.05) is 12.1 Å². The van der Waals surface area contributed by atoms with E-state index in [0.29, 0.717) is 6.42 Å². The standard InChI is InChI=1S/C27H29N3O7/c1-11-27(37-11)20(25(28)35)23(33)21(30(2)3)15-10-12-9-14-13(16-5-4-8-29-16)6-7-17(31)19(14)22(32)18(12)24(34)26(15,27)36/h4-8,12,15,17,19,21,29,31,33-34,36H,1,9-10H2,2-3H3,(H2,28,35)/t12-,15-,17?,19?,21-,26-,27-/m0/s1. The molecule has 0 aromatic carbocycles. The van der Waals surface area contributed by atoms with Gasteiger partial charge in [-0.3, -0.25) is 14.5 Å². The van der Waals surface area contributed by atoms with Crippen molar-refractivity contribution in [1.82, 2.24) is 9.88 Å². The van der Waals surface area contributed by atoms with Gasteiger partial charge in [0.05, 0.1) is 18.1 Å². The maximum absolute atomic E-state index is 14.0. The number of primary amides is 1. The number of carbonyl (C=O) groups is 2. The largest absolute Gasteiger partial charge is 0.510 e. The van der Waals surface area contributed by atoms with Crippen molar-refractivity contribution in [2.45, 2.75) is 36.2 Å². The summed E-state index contributed by atoms with van der Waals surface area (Å²) in [6.07, 6.45) is 4.53. The predicted octanol–water partition coefficient (Wildman–Crippen LogP) is 0.991. The van der Waals surface area contributed by atoms with Crippen LogP contribution < -0.4 is 5.73 Å². The minimum absolute atomic E-state index is 0.00178. The number of allylic oxidation sites excluding steroid dienone is 3. The second-order valence-electron chi connectivity index (χ2n) is 10.7. The third-order valence-electron chi connectivity index (χ3n) is 8.76. The zero-order valence-electron chi connectivity index (χ0n) is 20.4. The van der Waals surface area contributed by atoms with Crippen molar-refractivity contribution in [3.05, 3.63) is 76.8 Å². The summed E-state index contributed by atoms with van der Waals surface area (Å²) in [5, 5.41) is 46.0. The highest BCUT2D eigenvalue weighted by molar-refractivity contribution is 6.05. The first kappa shape index (κ1) is 23.8. The van der Waals surface area contributed by atoms with E-state index >= 15 is 0 Å². The lowest BCUT2D eigenvalue weighted by molar-refractivity contribution is -0.136. The van der Waals surface area contributed by atoms with Crippen molar-refractivity contribution in [2.24, 2.45) is 23.5 Å². The van der Waals surface area contributed by atoms with Crippen LogP contribution in [-0.4, -0.2) is 79.4 Å². The average Bonchev–Trinajstić information content (AvgIpc) is 3.22. The number of Topliss-reactive ketones (excluding diaryl/α,β-unsaturated/α-hetero) is 1. The van der Waals surface area contributed by atoms with Crippen LogP contribution in [0.1, 0.15) is 18.5 Å². The fraction of sp³-hybridized carbons (Fsp3) is 0.407. The highest BCUT2D eigenvalue weighted by atomic mass is 16.6. The van der Waals surface area contributed by atoms with E-state index in [1.165, 1.54) is 0 Å². The molecule has 37 heavy (non-hydrogen) atoms. The lowest BCUT2D eigenvalue weighted by Gasteiger charge is -2.53. The number of aliphatic hydroxyl groups is 4. The quantitative estimate of drug-likeness (QED) is 0.329. The van der Waals surface area contributed by atoms with E-state index in [-0.39, 0.29) is 29.1 Å². The van der Waals surface area contributed by atoms with Gasteiger partial charge in [-0.25, -0.2) is 0 Å². The Bertz CT molecular complexity index is 1380. The Morgan fingerprint density at radius 3 is 2.59 bits per heavy atom. The van der Waals surface area contributed by atoms with Crippen LogP contribution in [0.4, 0.5) is 0 Å². The Kier molecular flexibility index (Phi) is 4.80. The van der Waals surface area contributed by atoms with Gasteiger partial charge < -0.3 is 35.9 Å². The molecule has 7 N–H and O–H groups in total. The number of H-pyrrole nitrogens is 1. The van der Waals surface area contributed by atoms with Gasteiger partial charge in [-0.15, -0.1) is 0 Å². The monoisotopic (exact) mass is 507 g/mol. The molecular formula is C27H29N3O7. The first-order valence-electron chi connectivity index (χ1n) is 12.2. The zero-order chi connectivity index (χ0) is 26.6. The molecule has 5 aliphatic rings. The summed E-state index contributed by atoms with van der Waals surface area (Å²) in [5.41, 5.74) is 3.33. The second kappa shape index (κ2) is 7.47. The zero-order valence-corrected chi connectivity index (χ0v) is 20.4. The van der Waals surface area contributed by atoms with E-state index in [9.17, 15) is 30.0 Å². The number of aliphatic hydroxyl groups excluding tert-OH is 3. The number of epoxide rings is 1. The number of hydrogen-bond donors (Lipinski definition) is 6. The number of amides is 1. The summed E-state index contributed by atoms with van der Waals surface area (Å²) in [6.45, 7) is 3.76. The maximum atomic E-state index is 14.0. The molecule has 10 nitrogen and oxygen atoms in total. The molecule has 2 unspecified atom stereocenters. The number of likely N-dealkylation sites (N-methyl/N-ethyl adjacent to an activating group) is 1. The van der Waals surface area contributed by atoms with Crippen LogP contribution >= 0.6 is 0 Å². The molecule has 0 radical (unpaired) electrons. The minimum atomic E-state index is -2.28. The molecule has 1 saturated heterocycles. The van der Waals surface area contributed by atoms with Gasteiger partial charge in [0.25, 0.3) is 5.91 Å². The fourth-order valence-electron chi connectivity index (χ4n) is 7.24. The number of aromatic amines is 1. The molecule has 7 atom stereocenters. The third-order valence-corrected chi connectivity index (χ3v) is 8.76. The van der Waals surface area contributed by atoms with Gasteiger partial charge in [-0.1, -0.05) is 18.7 Å². The van der Waals surface area contributed by atoms with Crippen molar-refractivity contribution in [1.29, 1.82) is 0 Å². The SMILES string of the molecule is C=C1O[C@]12C(C(N)=O)=C(O)[C@@H](N(C)C)[C@@H]1C[C@@H]3CC4=C(c5ccc[nH]5)C=CC(O)C4C(=O)C3=C(O)[C@@]12O. The Labute approximate surface area is 212 Å². The number of ether oxygens (including phenoxy) is 1. The Hall–Kier alpha value is -3.60. The Morgan fingerprint density at radius 2 is 2.03 bits per heavy atom. The van der Waals surface area contributed by atoms with Crippen LogP contribution in [0.15, 0.2) is 71.1 Å². The van der Waals surface area contributed by atoms with Gasteiger partial charge in [0.15, 0.2) is 11.4 Å². The molecule has 0 bridgehead atoms. The first-order valence-corrected chi connectivity index (χ1v) is 12.2.